The van der Waals surface area contributed by atoms with Gasteiger partial charge in [-0.15, -0.1) is 0 Å². The van der Waals surface area contributed by atoms with Gasteiger partial charge >= 0.3 is 0 Å². The van der Waals surface area contributed by atoms with Gasteiger partial charge < -0.3 is 0 Å². The van der Waals surface area contributed by atoms with Crippen LogP contribution in [-0.2, 0) is 19.2 Å². The molecule has 2 heterocycles. The van der Waals surface area contributed by atoms with Crippen LogP contribution in [-0.4, -0.2) is 23.6 Å². The second-order valence-corrected chi connectivity index (χ2v) is 14.8. The van der Waals surface area contributed by atoms with E-state index in [0.717, 1.165) is 31.2 Å². The maximum Gasteiger partial charge on any atom is 0.238 e. The smallest absolute Gasteiger partial charge is 0.238 e. The fourth-order valence-electron chi connectivity index (χ4n) is 9.11. The summed E-state index contributed by atoms with van der Waals surface area (Å²) in [5, 5.41) is 0. The molecule has 46 heavy (non-hydrogen) atoms. The number of imide groups is 2. The predicted octanol–water partition coefficient (Wildman–Crippen LogP) is 7.77. The van der Waals surface area contributed by atoms with Gasteiger partial charge in [0.2, 0.25) is 23.6 Å². The number of allylic oxidation sites excluding steroid dienone is 2. The Morgan fingerprint density at radius 1 is 0.457 bits per heavy atom. The number of amides is 4. The zero-order chi connectivity index (χ0) is 32.1. The summed E-state index contributed by atoms with van der Waals surface area (Å²) in [5.41, 5.74) is 2.01. The predicted molar refractivity (Wildman–Crippen MR) is 183 cm³/mol. The minimum atomic E-state index is -1.19. The van der Waals surface area contributed by atoms with Crippen molar-refractivity contribution in [1.82, 2.24) is 0 Å². The van der Waals surface area contributed by atoms with E-state index < -0.39 is 34.5 Å². The SMILES string of the molecule is CC12C(c3ccccc3)=C(c3ccccc3)C(C)(C3C(=O)N(c4ccc(Br)cc4)C(=O)C31)C1C(=O)N(c3ccc(Br)cc3)C(=O)C12. The van der Waals surface area contributed by atoms with Gasteiger partial charge in [0.25, 0.3) is 0 Å². The molecular weight excluding hydrogens is 708 g/mol. The van der Waals surface area contributed by atoms with Crippen LogP contribution in [0.1, 0.15) is 25.0 Å². The van der Waals surface area contributed by atoms with Gasteiger partial charge in [0.15, 0.2) is 0 Å². The van der Waals surface area contributed by atoms with Gasteiger partial charge in [-0.1, -0.05) is 106 Å². The lowest BCUT2D eigenvalue weighted by molar-refractivity contribution is -0.151. The number of carbonyl (C=O) groups excluding carboxylic acids is 4. The summed E-state index contributed by atoms with van der Waals surface area (Å²) >= 11 is 6.91. The van der Waals surface area contributed by atoms with Crippen molar-refractivity contribution >= 4 is 78.0 Å². The number of anilines is 2. The number of carbonyl (C=O) groups is 4. The molecule has 2 saturated heterocycles. The van der Waals surface area contributed by atoms with Gasteiger partial charge in [0.05, 0.1) is 35.0 Å². The van der Waals surface area contributed by atoms with Crippen LogP contribution in [0.15, 0.2) is 118 Å². The fourth-order valence-corrected chi connectivity index (χ4v) is 9.64. The lowest BCUT2D eigenvalue weighted by atomic mass is 9.36. The fraction of sp³-hybridized carbons (Fsp3) is 0.211. The van der Waals surface area contributed by atoms with E-state index in [1.807, 2.05) is 74.5 Å². The first kappa shape index (κ1) is 29.3. The summed E-state index contributed by atoms with van der Waals surface area (Å²) in [6.45, 7) is 3.89. The largest absolute Gasteiger partial charge is 0.274 e. The van der Waals surface area contributed by atoms with E-state index in [9.17, 15) is 19.2 Å². The van der Waals surface area contributed by atoms with E-state index in [2.05, 4.69) is 31.9 Å². The summed E-state index contributed by atoms with van der Waals surface area (Å²) in [7, 11) is 0. The Morgan fingerprint density at radius 3 is 1.02 bits per heavy atom. The molecule has 5 aliphatic rings. The van der Waals surface area contributed by atoms with Gasteiger partial charge in [0.1, 0.15) is 0 Å². The van der Waals surface area contributed by atoms with Crippen molar-refractivity contribution < 1.29 is 19.2 Å². The normalized spacial score (nSPS) is 29.9. The number of nitrogens with zero attached hydrogens (tertiary/aromatic N) is 2. The number of hydrogen-bond acceptors (Lipinski definition) is 4. The Labute approximate surface area is 283 Å². The van der Waals surface area contributed by atoms with Crippen molar-refractivity contribution in [2.45, 2.75) is 13.8 Å². The zero-order valence-corrected chi connectivity index (χ0v) is 28.2. The zero-order valence-electron chi connectivity index (χ0n) is 25.0. The highest BCUT2D eigenvalue weighted by atomic mass is 79.9. The molecule has 9 rings (SSSR count). The van der Waals surface area contributed by atoms with Gasteiger partial charge in [-0.05, 0) is 70.8 Å². The minimum Gasteiger partial charge on any atom is -0.274 e. The Kier molecular flexibility index (Phi) is 6.48. The van der Waals surface area contributed by atoms with Gasteiger partial charge in [-0.2, -0.15) is 0 Å². The summed E-state index contributed by atoms with van der Waals surface area (Å²) in [5.74, 6) is -4.81. The van der Waals surface area contributed by atoms with Gasteiger partial charge in [0, 0.05) is 19.8 Å². The molecule has 4 unspecified atom stereocenters. The van der Waals surface area contributed by atoms with Crippen LogP contribution < -0.4 is 9.80 Å². The average molecular weight is 736 g/mol. The van der Waals surface area contributed by atoms with Crippen molar-refractivity contribution in [2.24, 2.45) is 34.5 Å². The second-order valence-electron chi connectivity index (χ2n) is 12.9. The molecule has 3 fully saturated rings. The van der Waals surface area contributed by atoms with Crippen LogP contribution in [0.25, 0.3) is 11.1 Å². The maximum atomic E-state index is 14.8. The van der Waals surface area contributed by atoms with E-state index in [0.29, 0.717) is 11.4 Å². The van der Waals surface area contributed by atoms with Crippen molar-refractivity contribution in [1.29, 1.82) is 0 Å². The maximum absolute atomic E-state index is 14.8. The summed E-state index contributed by atoms with van der Waals surface area (Å²) in [6.07, 6.45) is 0. The van der Waals surface area contributed by atoms with Crippen molar-refractivity contribution in [3.8, 4) is 0 Å². The molecular formula is C38H28Br2N2O4. The molecule has 3 aliphatic carbocycles. The standard InChI is InChI=1S/C38H28Br2N2O4/c1-37-27(21-9-5-3-6-10-21)28(22-11-7-4-8-12-22)38(2,31-29(37)33(43)41(35(31)45)25-17-13-23(39)14-18-25)32-30(37)34(44)42(36(32)46)26-19-15-24(40)16-20-26/h3-20,29-32H,1-2H3. The molecule has 4 aromatic carbocycles. The van der Waals surface area contributed by atoms with Crippen LogP contribution in [0.3, 0.4) is 0 Å². The average Bonchev–Trinajstić information content (AvgIpc) is 3.50. The molecule has 0 N–H and O–H groups in total. The number of hydrogen-bond donors (Lipinski definition) is 0. The third kappa shape index (κ3) is 3.68. The molecule has 0 aromatic heterocycles. The number of rotatable bonds is 4. The van der Waals surface area contributed by atoms with Crippen LogP contribution in [0.2, 0.25) is 0 Å². The lowest BCUT2D eigenvalue weighted by Gasteiger charge is -2.62. The van der Waals surface area contributed by atoms with E-state index in [1.54, 1.807) is 48.5 Å². The number of halogens is 2. The molecule has 0 spiro atoms. The molecule has 2 bridgehead atoms. The van der Waals surface area contributed by atoms with Crippen molar-refractivity contribution in [3.63, 3.8) is 0 Å². The monoisotopic (exact) mass is 734 g/mol. The molecule has 6 nitrogen and oxygen atoms in total. The molecule has 4 aromatic rings. The Bertz CT molecular complexity index is 1800. The Balaban J connectivity index is 1.44. The summed E-state index contributed by atoms with van der Waals surface area (Å²) in [4.78, 5) is 61.8. The first-order chi connectivity index (χ1) is 22.1. The third-order valence-corrected chi connectivity index (χ3v) is 11.9. The highest BCUT2D eigenvalue weighted by molar-refractivity contribution is 9.10. The molecule has 8 heteroatoms. The van der Waals surface area contributed by atoms with Crippen molar-refractivity contribution in [2.75, 3.05) is 9.80 Å². The Morgan fingerprint density at radius 2 is 0.739 bits per heavy atom. The molecule has 228 valence electrons. The van der Waals surface area contributed by atoms with Gasteiger partial charge in [-0.3, -0.25) is 19.2 Å². The lowest BCUT2D eigenvalue weighted by Crippen LogP contribution is -2.64. The van der Waals surface area contributed by atoms with Crippen LogP contribution >= 0.6 is 31.9 Å². The van der Waals surface area contributed by atoms with Crippen LogP contribution in [0.4, 0.5) is 11.4 Å². The quantitative estimate of drug-likeness (QED) is 0.201. The second kappa shape index (κ2) is 10.2. The van der Waals surface area contributed by atoms with E-state index >= 15 is 0 Å². The summed E-state index contributed by atoms with van der Waals surface area (Å²) < 4.78 is 1.65. The van der Waals surface area contributed by atoms with E-state index in [-0.39, 0.29) is 23.6 Å². The van der Waals surface area contributed by atoms with Crippen LogP contribution in [0, 0.1) is 34.5 Å². The Hall–Kier alpha value is -4.14. The highest BCUT2D eigenvalue weighted by Gasteiger charge is 2.80. The molecule has 2 aliphatic heterocycles. The van der Waals surface area contributed by atoms with E-state index in [4.69, 9.17) is 0 Å². The van der Waals surface area contributed by atoms with Crippen LogP contribution in [0.5, 0.6) is 0 Å². The third-order valence-electron chi connectivity index (χ3n) is 10.8. The molecule has 4 atom stereocenters. The number of benzene rings is 4. The van der Waals surface area contributed by atoms with Crippen molar-refractivity contribution in [3.05, 3.63) is 129 Å². The molecule has 4 amide bonds. The minimum absolute atomic E-state index is 0.340. The topological polar surface area (TPSA) is 74.8 Å². The van der Waals surface area contributed by atoms with E-state index in [1.165, 1.54) is 9.80 Å². The summed E-state index contributed by atoms with van der Waals surface area (Å²) in [6, 6.07) is 33.8. The first-order valence-electron chi connectivity index (χ1n) is 15.2. The highest BCUT2D eigenvalue weighted by Crippen LogP contribution is 2.76. The molecule has 1 saturated carbocycles. The van der Waals surface area contributed by atoms with Gasteiger partial charge in [-0.25, -0.2) is 9.80 Å². The molecule has 0 radical (unpaired) electrons. The first-order valence-corrected chi connectivity index (χ1v) is 16.8.